The monoisotopic (exact) mass is 399 g/mol. The van der Waals surface area contributed by atoms with Crippen LogP contribution in [0.15, 0.2) is 18.2 Å². The van der Waals surface area contributed by atoms with E-state index < -0.39 is 18.0 Å². The van der Waals surface area contributed by atoms with Crippen LogP contribution in [-0.4, -0.2) is 34.2 Å². The van der Waals surface area contributed by atoms with E-state index in [0.717, 1.165) is 6.42 Å². The standard InChI is InChI=1S/C21H22FN3O4/c1-10-17(9-14-13-8-12(22)6-7-15(13)24-20(14)27)23-11(2)19(10)29-21(28)25-16-4-3-5-18(16)26/h6-9,16,18,23,26H,3-5H2,1-2H3,(H,24,27)(H,25,28)/b14-9-/t16-,18+/m0/s1. The van der Waals surface area contributed by atoms with Crippen LogP contribution in [0.4, 0.5) is 14.9 Å². The number of nitrogens with one attached hydrogen (secondary N) is 3. The fourth-order valence-electron chi connectivity index (χ4n) is 3.88. The van der Waals surface area contributed by atoms with Gasteiger partial charge in [0.25, 0.3) is 5.91 Å². The highest BCUT2D eigenvalue weighted by Gasteiger charge is 2.28. The lowest BCUT2D eigenvalue weighted by Crippen LogP contribution is -2.41. The quantitative estimate of drug-likeness (QED) is 0.595. The van der Waals surface area contributed by atoms with E-state index in [2.05, 4.69) is 15.6 Å². The maximum absolute atomic E-state index is 13.6. The average molecular weight is 399 g/mol. The lowest BCUT2D eigenvalue weighted by atomic mass is 10.0. The molecule has 1 aromatic carbocycles. The van der Waals surface area contributed by atoms with Gasteiger partial charge in [-0.3, -0.25) is 4.79 Å². The summed E-state index contributed by atoms with van der Waals surface area (Å²) in [5.74, 6) is -0.396. The van der Waals surface area contributed by atoms with E-state index in [9.17, 15) is 19.1 Å². The number of fused-ring (bicyclic) bond motifs is 1. The van der Waals surface area contributed by atoms with E-state index in [-0.39, 0.29) is 11.9 Å². The van der Waals surface area contributed by atoms with Crippen LogP contribution >= 0.6 is 0 Å². The lowest BCUT2D eigenvalue weighted by Gasteiger charge is -2.16. The third-order valence-electron chi connectivity index (χ3n) is 5.44. The number of anilines is 1. The van der Waals surface area contributed by atoms with Gasteiger partial charge in [-0.15, -0.1) is 0 Å². The molecule has 29 heavy (non-hydrogen) atoms. The van der Waals surface area contributed by atoms with E-state index in [1.165, 1.54) is 18.2 Å². The number of H-pyrrole nitrogens is 1. The van der Waals surface area contributed by atoms with Gasteiger partial charge >= 0.3 is 6.09 Å². The van der Waals surface area contributed by atoms with Crippen molar-refractivity contribution in [1.29, 1.82) is 0 Å². The van der Waals surface area contributed by atoms with E-state index >= 15 is 0 Å². The first-order valence-electron chi connectivity index (χ1n) is 9.52. The molecule has 152 valence electrons. The van der Waals surface area contributed by atoms with Gasteiger partial charge in [0.1, 0.15) is 5.82 Å². The fraction of sp³-hybridized carbons (Fsp3) is 0.333. The predicted molar refractivity (Wildman–Crippen MR) is 106 cm³/mol. The highest BCUT2D eigenvalue weighted by molar-refractivity contribution is 6.34. The first kappa shape index (κ1) is 19.2. The summed E-state index contributed by atoms with van der Waals surface area (Å²) >= 11 is 0. The normalized spacial score (nSPS) is 21.9. The fourth-order valence-corrected chi connectivity index (χ4v) is 3.88. The summed E-state index contributed by atoms with van der Waals surface area (Å²) in [6.07, 6.45) is 2.66. The van der Waals surface area contributed by atoms with Crippen molar-refractivity contribution in [3.63, 3.8) is 0 Å². The second-order valence-electron chi connectivity index (χ2n) is 7.46. The zero-order chi connectivity index (χ0) is 20.7. The number of aliphatic hydroxyl groups is 1. The smallest absolute Gasteiger partial charge is 0.408 e. The van der Waals surface area contributed by atoms with Gasteiger partial charge in [-0.25, -0.2) is 9.18 Å². The second kappa shape index (κ2) is 7.36. The van der Waals surface area contributed by atoms with Crippen molar-refractivity contribution < 1.29 is 23.8 Å². The molecule has 2 amide bonds. The van der Waals surface area contributed by atoms with Crippen LogP contribution in [0.5, 0.6) is 5.75 Å². The van der Waals surface area contributed by atoms with Crippen LogP contribution in [0.3, 0.4) is 0 Å². The number of amides is 2. The Morgan fingerprint density at radius 2 is 2.14 bits per heavy atom. The molecule has 8 heteroatoms. The molecule has 0 unspecified atom stereocenters. The molecule has 0 bridgehead atoms. The van der Waals surface area contributed by atoms with Gasteiger partial charge in [0, 0.05) is 22.5 Å². The van der Waals surface area contributed by atoms with E-state index in [1.54, 1.807) is 19.9 Å². The van der Waals surface area contributed by atoms with Crippen molar-refractivity contribution in [3.05, 3.63) is 46.5 Å². The summed E-state index contributed by atoms with van der Waals surface area (Å²) in [4.78, 5) is 27.7. The number of aliphatic hydroxyl groups excluding tert-OH is 1. The lowest BCUT2D eigenvalue weighted by molar-refractivity contribution is -0.110. The molecule has 2 heterocycles. The Hall–Kier alpha value is -3.13. The van der Waals surface area contributed by atoms with Crippen LogP contribution < -0.4 is 15.4 Å². The number of benzene rings is 1. The number of rotatable bonds is 3. The molecular weight excluding hydrogens is 377 g/mol. The molecule has 2 aromatic rings. The Morgan fingerprint density at radius 1 is 1.34 bits per heavy atom. The number of carbonyl (C=O) groups excluding carboxylic acids is 2. The molecular formula is C21H22FN3O4. The summed E-state index contributed by atoms with van der Waals surface area (Å²) in [5.41, 5.74) is 3.22. The predicted octanol–water partition coefficient (Wildman–Crippen LogP) is 3.27. The third-order valence-corrected chi connectivity index (χ3v) is 5.44. The van der Waals surface area contributed by atoms with E-state index in [4.69, 9.17) is 4.74 Å². The minimum absolute atomic E-state index is 0.308. The SMILES string of the molecule is Cc1[nH]c(/C=C2\C(=O)Nc3ccc(F)cc32)c(C)c1OC(=O)N[C@H]1CCC[C@H]1O. The van der Waals surface area contributed by atoms with Crippen molar-refractivity contribution in [2.45, 2.75) is 45.3 Å². The molecule has 1 aliphatic carbocycles. The van der Waals surface area contributed by atoms with Gasteiger partial charge in [0.05, 0.1) is 23.4 Å². The summed E-state index contributed by atoms with van der Waals surface area (Å²) in [7, 11) is 0. The van der Waals surface area contributed by atoms with Crippen LogP contribution in [-0.2, 0) is 4.79 Å². The molecule has 4 rings (SSSR count). The molecule has 4 N–H and O–H groups in total. The number of hydrogen-bond acceptors (Lipinski definition) is 4. The number of carbonyl (C=O) groups is 2. The molecule has 1 fully saturated rings. The van der Waals surface area contributed by atoms with Crippen LogP contribution in [0.1, 0.15) is 41.8 Å². The minimum atomic E-state index is -0.633. The van der Waals surface area contributed by atoms with E-state index in [1.807, 2.05) is 0 Å². The van der Waals surface area contributed by atoms with Crippen molar-refractivity contribution in [2.75, 3.05) is 5.32 Å². The maximum atomic E-state index is 13.6. The van der Waals surface area contributed by atoms with Gasteiger partial charge < -0.3 is 25.5 Å². The van der Waals surface area contributed by atoms with Gasteiger partial charge in [-0.2, -0.15) is 0 Å². The molecule has 1 saturated carbocycles. The second-order valence-corrected chi connectivity index (χ2v) is 7.46. The molecule has 0 spiro atoms. The molecule has 1 aliphatic heterocycles. The Bertz CT molecular complexity index is 1030. The highest BCUT2D eigenvalue weighted by atomic mass is 19.1. The van der Waals surface area contributed by atoms with Gasteiger partial charge in [-0.05, 0) is 57.4 Å². The zero-order valence-electron chi connectivity index (χ0n) is 16.1. The van der Waals surface area contributed by atoms with Crippen molar-refractivity contribution in [3.8, 4) is 5.75 Å². The number of hydrogen-bond donors (Lipinski definition) is 4. The summed E-state index contributed by atoms with van der Waals surface area (Å²) < 4.78 is 19.1. The molecule has 0 saturated heterocycles. The number of ether oxygens (including phenoxy) is 1. The average Bonchev–Trinajstić information content (AvgIpc) is 3.28. The summed E-state index contributed by atoms with van der Waals surface area (Å²) in [5, 5.41) is 15.3. The molecule has 1 aromatic heterocycles. The van der Waals surface area contributed by atoms with Crippen LogP contribution in [0.25, 0.3) is 11.6 Å². The Labute approximate surface area is 167 Å². The first-order chi connectivity index (χ1) is 13.8. The summed E-state index contributed by atoms with van der Waals surface area (Å²) in [6, 6.07) is 3.81. The summed E-state index contributed by atoms with van der Waals surface area (Å²) in [6.45, 7) is 3.52. The van der Waals surface area contributed by atoms with Crippen molar-refractivity contribution in [2.24, 2.45) is 0 Å². The number of aromatic amines is 1. The molecule has 0 radical (unpaired) electrons. The zero-order valence-corrected chi connectivity index (χ0v) is 16.1. The first-order valence-corrected chi connectivity index (χ1v) is 9.52. The van der Waals surface area contributed by atoms with Crippen LogP contribution in [0.2, 0.25) is 0 Å². The van der Waals surface area contributed by atoms with Gasteiger partial charge in [-0.1, -0.05) is 0 Å². The number of aromatic nitrogens is 1. The molecule has 2 atom stereocenters. The topological polar surface area (TPSA) is 103 Å². The molecule has 7 nitrogen and oxygen atoms in total. The highest BCUT2D eigenvalue weighted by Crippen LogP contribution is 2.35. The van der Waals surface area contributed by atoms with E-state index in [0.29, 0.717) is 52.4 Å². The van der Waals surface area contributed by atoms with Crippen molar-refractivity contribution >= 4 is 29.3 Å². The Morgan fingerprint density at radius 3 is 2.86 bits per heavy atom. The molecule has 2 aliphatic rings. The Balaban J connectivity index is 1.58. The Kier molecular flexibility index (Phi) is 4.87. The van der Waals surface area contributed by atoms with Gasteiger partial charge in [0.2, 0.25) is 0 Å². The van der Waals surface area contributed by atoms with Crippen molar-refractivity contribution in [1.82, 2.24) is 10.3 Å². The van der Waals surface area contributed by atoms with Crippen LogP contribution in [0, 0.1) is 19.7 Å². The number of aryl methyl sites for hydroxylation is 1. The minimum Gasteiger partial charge on any atom is -0.408 e. The maximum Gasteiger partial charge on any atom is 0.412 e. The number of halogens is 1. The largest absolute Gasteiger partial charge is 0.412 e. The van der Waals surface area contributed by atoms with Gasteiger partial charge in [0.15, 0.2) is 5.75 Å². The third kappa shape index (κ3) is 3.63.